The SMILES string of the molecule is CNCC(C)(C)CN(C)CCN(C)C. The van der Waals surface area contributed by atoms with Gasteiger partial charge in [-0.1, -0.05) is 13.8 Å². The van der Waals surface area contributed by atoms with Crippen molar-refractivity contribution in [2.24, 2.45) is 5.41 Å². The Morgan fingerprint density at radius 2 is 1.64 bits per heavy atom. The molecule has 0 saturated carbocycles. The highest BCUT2D eigenvalue weighted by Crippen LogP contribution is 2.14. The number of likely N-dealkylation sites (N-methyl/N-ethyl adjacent to an activating group) is 2. The molecular weight excluding hydrogens is 174 g/mol. The van der Waals surface area contributed by atoms with Gasteiger partial charge < -0.3 is 15.1 Å². The molecule has 3 heteroatoms. The molecule has 0 spiro atoms. The summed E-state index contributed by atoms with van der Waals surface area (Å²) >= 11 is 0. The molecule has 0 rings (SSSR count). The van der Waals surface area contributed by atoms with Gasteiger partial charge in [-0.2, -0.15) is 0 Å². The lowest BCUT2D eigenvalue weighted by molar-refractivity contribution is 0.193. The van der Waals surface area contributed by atoms with Crippen LogP contribution >= 0.6 is 0 Å². The summed E-state index contributed by atoms with van der Waals surface area (Å²) in [4.78, 5) is 4.62. The Morgan fingerprint density at radius 1 is 1.07 bits per heavy atom. The van der Waals surface area contributed by atoms with Gasteiger partial charge >= 0.3 is 0 Å². The number of nitrogens with one attached hydrogen (secondary N) is 1. The van der Waals surface area contributed by atoms with E-state index in [1.807, 2.05) is 7.05 Å². The lowest BCUT2D eigenvalue weighted by Gasteiger charge is -2.30. The molecule has 86 valence electrons. The van der Waals surface area contributed by atoms with Gasteiger partial charge in [0.2, 0.25) is 0 Å². The minimum absolute atomic E-state index is 0.357. The van der Waals surface area contributed by atoms with Crippen LogP contribution < -0.4 is 5.32 Å². The van der Waals surface area contributed by atoms with E-state index in [-0.39, 0.29) is 0 Å². The third-order valence-electron chi connectivity index (χ3n) is 2.28. The van der Waals surface area contributed by atoms with E-state index in [4.69, 9.17) is 0 Å². The second-order valence-electron chi connectivity index (χ2n) is 5.24. The summed E-state index contributed by atoms with van der Waals surface area (Å²) in [6.45, 7) is 9.08. The van der Waals surface area contributed by atoms with Crippen molar-refractivity contribution in [2.75, 3.05) is 54.4 Å². The minimum Gasteiger partial charge on any atom is -0.319 e. The largest absolute Gasteiger partial charge is 0.319 e. The first kappa shape index (κ1) is 13.9. The fourth-order valence-corrected chi connectivity index (χ4v) is 1.71. The van der Waals surface area contributed by atoms with E-state index < -0.39 is 0 Å². The number of hydrogen-bond donors (Lipinski definition) is 1. The first-order valence-corrected chi connectivity index (χ1v) is 5.35. The molecule has 0 aromatic rings. The summed E-state index contributed by atoms with van der Waals surface area (Å²) < 4.78 is 0. The van der Waals surface area contributed by atoms with Crippen molar-refractivity contribution in [1.29, 1.82) is 0 Å². The molecule has 0 amide bonds. The zero-order valence-electron chi connectivity index (χ0n) is 10.7. The highest BCUT2D eigenvalue weighted by molar-refractivity contribution is 4.74. The lowest BCUT2D eigenvalue weighted by atomic mass is 9.93. The zero-order chi connectivity index (χ0) is 11.2. The molecular formula is C11H27N3. The van der Waals surface area contributed by atoms with Crippen LogP contribution in [-0.2, 0) is 0 Å². The van der Waals surface area contributed by atoms with Gasteiger partial charge in [-0.25, -0.2) is 0 Å². The van der Waals surface area contributed by atoms with Crippen LogP contribution in [0.2, 0.25) is 0 Å². The first-order chi connectivity index (χ1) is 6.37. The maximum absolute atomic E-state index is 3.24. The Balaban J connectivity index is 3.74. The molecule has 14 heavy (non-hydrogen) atoms. The Morgan fingerprint density at radius 3 is 2.07 bits per heavy atom. The Labute approximate surface area is 89.5 Å². The van der Waals surface area contributed by atoms with Crippen molar-refractivity contribution in [3.8, 4) is 0 Å². The molecule has 1 N–H and O–H groups in total. The van der Waals surface area contributed by atoms with Crippen molar-refractivity contribution < 1.29 is 0 Å². The standard InChI is InChI=1S/C11H27N3/c1-11(2,9-12-3)10-14(6)8-7-13(4)5/h12H,7-10H2,1-6H3. The van der Waals surface area contributed by atoms with Crippen LogP contribution in [0.5, 0.6) is 0 Å². The highest BCUT2D eigenvalue weighted by Gasteiger charge is 2.18. The van der Waals surface area contributed by atoms with Gasteiger partial charge in [0, 0.05) is 26.2 Å². The second-order valence-corrected chi connectivity index (χ2v) is 5.24. The number of nitrogens with zero attached hydrogens (tertiary/aromatic N) is 2. The number of rotatable bonds is 7. The predicted octanol–water partition coefficient (Wildman–Crippen LogP) is 0.725. The van der Waals surface area contributed by atoms with Crippen LogP contribution in [0.15, 0.2) is 0 Å². The second kappa shape index (κ2) is 6.38. The van der Waals surface area contributed by atoms with Gasteiger partial charge in [-0.05, 0) is 33.6 Å². The van der Waals surface area contributed by atoms with Gasteiger partial charge in [0.05, 0.1) is 0 Å². The van der Waals surface area contributed by atoms with E-state index in [9.17, 15) is 0 Å². The first-order valence-electron chi connectivity index (χ1n) is 5.35. The summed E-state index contributed by atoms with van der Waals surface area (Å²) in [5, 5.41) is 3.24. The van der Waals surface area contributed by atoms with E-state index in [1.165, 1.54) is 0 Å². The smallest absolute Gasteiger partial charge is 0.0106 e. The van der Waals surface area contributed by atoms with Crippen LogP contribution in [-0.4, -0.2) is 64.2 Å². The van der Waals surface area contributed by atoms with Gasteiger partial charge in [-0.15, -0.1) is 0 Å². The molecule has 0 atom stereocenters. The third-order valence-corrected chi connectivity index (χ3v) is 2.28. The molecule has 0 heterocycles. The maximum atomic E-state index is 3.24. The molecule has 0 aromatic heterocycles. The summed E-state index contributed by atoms with van der Waals surface area (Å²) in [5.41, 5.74) is 0.357. The third kappa shape index (κ3) is 7.30. The van der Waals surface area contributed by atoms with Crippen LogP contribution in [0.25, 0.3) is 0 Å². The monoisotopic (exact) mass is 201 g/mol. The Bertz CT molecular complexity index is 143. The number of hydrogen-bond acceptors (Lipinski definition) is 3. The summed E-state index contributed by atoms with van der Waals surface area (Å²) in [6, 6.07) is 0. The lowest BCUT2D eigenvalue weighted by Crippen LogP contribution is -2.40. The summed E-state index contributed by atoms with van der Waals surface area (Å²) in [5.74, 6) is 0. The van der Waals surface area contributed by atoms with E-state index >= 15 is 0 Å². The van der Waals surface area contributed by atoms with Gasteiger partial charge in [0.25, 0.3) is 0 Å². The van der Waals surface area contributed by atoms with Crippen LogP contribution in [0.3, 0.4) is 0 Å². The predicted molar refractivity (Wildman–Crippen MR) is 63.8 cm³/mol. The molecule has 0 unspecified atom stereocenters. The molecule has 0 saturated heterocycles. The molecule has 0 fully saturated rings. The summed E-state index contributed by atoms with van der Waals surface area (Å²) in [6.07, 6.45) is 0. The quantitative estimate of drug-likeness (QED) is 0.655. The fraction of sp³-hybridized carbons (Fsp3) is 1.00. The molecule has 0 aromatic carbocycles. The minimum atomic E-state index is 0.357. The van der Waals surface area contributed by atoms with Crippen molar-refractivity contribution in [3.05, 3.63) is 0 Å². The van der Waals surface area contributed by atoms with Crippen molar-refractivity contribution in [2.45, 2.75) is 13.8 Å². The highest BCUT2D eigenvalue weighted by atomic mass is 15.2. The van der Waals surface area contributed by atoms with E-state index in [0.717, 1.165) is 26.2 Å². The molecule has 0 aliphatic carbocycles. The Hall–Kier alpha value is -0.120. The van der Waals surface area contributed by atoms with Crippen LogP contribution in [0.1, 0.15) is 13.8 Å². The molecule has 0 bridgehead atoms. The van der Waals surface area contributed by atoms with E-state index in [0.29, 0.717) is 5.41 Å². The normalized spacial score (nSPS) is 12.9. The Kier molecular flexibility index (Phi) is 6.33. The van der Waals surface area contributed by atoms with Gasteiger partial charge in [0.1, 0.15) is 0 Å². The van der Waals surface area contributed by atoms with E-state index in [1.54, 1.807) is 0 Å². The van der Waals surface area contributed by atoms with Gasteiger partial charge in [-0.3, -0.25) is 0 Å². The zero-order valence-corrected chi connectivity index (χ0v) is 10.7. The van der Waals surface area contributed by atoms with Crippen molar-refractivity contribution in [1.82, 2.24) is 15.1 Å². The van der Waals surface area contributed by atoms with Crippen LogP contribution in [0.4, 0.5) is 0 Å². The molecule has 3 nitrogen and oxygen atoms in total. The van der Waals surface area contributed by atoms with Crippen LogP contribution in [0, 0.1) is 5.41 Å². The average molecular weight is 201 g/mol. The maximum Gasteiger partial charge on any atom is 0.0106 e. The van der Waals surface area contributed by atoms with Crippen molar-refractivity contribution >= 4 is 0 Å². The molecule has 0 radical (unpaired) electrons. The van der Waals surface area contributed by atoms with Gasteiger partial charge in [0.15, 0.2) is 0 Å². The van der Waals surface area contributed by atoms with Crippen molar-refractivity contribution in [3.63, 3.8) is 0 Å². The topological polar surface area (TPSA) is 18.5 Å². The fourth-order valence-electron chi connectivity index (χ4n) is 1.71. The summed E-state index contributed by atoms with van der Waals surface area (Å²) in [7, 11) is 8.45. The average Bonchev–Trinajstić information content (AvgIpc) is 1.99. The molecule has 0 aliphatic rings. The molecule has 0 aliphatic heterocycles. The van der Waals surface area contributed by atoms with E-state index in [2.05, 4.69) is 50.1 Å².